The van der Waals surface area contributed by atoms with Gasteiger partial charge in [0.15, 0.2) is 5.78 Å². The largest absolute Gasteiger partial charge is 0.491 e. The molecule has 0 aliphatic carbocycles. The van der Waals surface area contributed by atoms with Gasteiger partial charge >= 0.3 is 0 Å². The molecule has 106 valence electrons. The molecule has 0 radical (unpaired) electrons. The van der Waals surface area contributed by atoms with Crippen molar-refractivity contribution in [3.05, 3.63) is 40.2 Å². The van der Waals surface area contributed by atoms with Crippen molar-refractivity contribution in [2.24, 2.45) is 0 Å². The molecule has 1 N–H and O–H groups in total. The number of nitrogens with one attached hydrogen (secondary N) is 1. The maximum Gasteiger partial charge on any atom is 0.169 e. The number of hydrogen-bond donors (Lipinski definition) is 1. The topological polar surface area (TPSA) is 38.3 Å². The van der Waals surface area contributed by atoms with Gasteiger partial charge < -0.3 is 10.1 Å². The van der Waals surface area contributed by atoms with E-state index in [1.54, 1.807) is 6.92 Å². The molecule has 20 heavy (non-hydrogen) atoms. The van der Waals surface area contributed by atoms with Crippen molar-refractivity contribution >= 4 is 28.7 Å². The van der Waals surface area contributed by atoms with E-state index in [0.717, 1.165) is 21.9 Å². The van der Waals surface area contributed by atoms with Crippen molar-refractivity contribution in [2.75, 3.05) is 20.2 Å². The minimum absolute atomic E-state index is 0.0827. The predicted molar refractivity (Wildman–Crippen MR) is 84.2 cm³/mol. The molecule has 1 aromatic heterocycles. The second-order valence-electron chi connectivity index (χ2n) is 4.32. The third-order valence-electron chi connectivity index (χ3n) is 2.78. The van der Waals surface area contributed by atoms with Crippen LogP contribution in [0.25, 0.3) is 10.4 Å². The first-order chi connectivity index (χ1) is 9.61. The van der Waals surface area contributed by atoms with Crippen molar-refractivity contribution in [3.63, 3.8) is 0 Å². The molecule has 0 aliphatic heterocycles. The van der Waals surface area contributed by atoms with Gasteiger partial charge in [-0.25, -0.2) is 0 Å². The van der Waals surface area contributed by atoms with E-state index in [2.05, 4.69) is 5.32 Å². The quantitative estimate of drug-likeness (QED) is 0.650. The standard InChI is InChI=1S/C15H16ClNO2S/c1-10(18)14-5-6-15(20-14)11-3-4-13(12(16)9-11)19-8-7-17-2/h3-6,9,17H,7-8H2,1-2H3. The summed E-state index contributed by atoms with van der Waals surface area (Å²) in [4.78, 5) is 13.1. The summed E-state index contributed by atoms with van der Waals surface area (Å²) in [5.41, 5.74) is 0.994. The summed E-state index contributed by atoms with van der Waals surface area (Å²) in [5, 5.41) is 3.59. The van der Waals surface area contributed by atoms with Crippen LogP contribution in [0.2, 0.25) is 5.02 Å². The normalized spacial score (nSPS) is 10.6. The van der Waals surface area contributed by atoms with Gasteiger partial charge in [-0.15, -0.1) is 11.3 Å². The molecule has 0 saturated heterocycles. The molecular weight excluding hydrogens is 294 g/mol. The van der Waals surface area contributed by atoms with Gasteiger partial charge in [0.25, 0.3) is 0 Å². The third-order valence-corrected chi connectivity index (χ3v) is 4.31. The third kappa shape index (κ3) is 3.60. The monoisotopic (exact) mass is 309 g/mol. The van der Waals surface area contributed by atoms with Gasteiger partial charge in [0.2, 0.25) is 0 Å². The Labute approximate surface area is 127 Å². The highest BCUT2D eigenvalue weighted by Gasteiger charge is 2.09. The average molecular weight is 310 g/mol. The number of ketones is 1. The zero-order chi connectivity index (χ0) is 14.5. The summed E-state index contributed by atoms with van der Waals surface area (Å²) in [6.45, 7) is 2.91. The van der Waals surface area contributed by atoms with Crippen LogP contribution in [0.4, 0.5) is 0 Å². The van der Waals surface area contributed by atoms with E-state index in [4.69, 9.17) is 16.3 Å². The molecule has 1 aromatic carbocycles. The highest BCUT2D eigenvalue weighted by molar-refractivity contribution is 7.17. The van der Waals surface area contributed by atoms with Crippen LogP contribution < -0.4 is 10.1 Å². The minimum Gasteiger partial charge on any atom is -0.491 e. The molecule has 2 aromatic rings. The molecule has 0 bridgehead atoms. The van der Waals surface area contributed by atoms with E-state index in [1.807, 2.05) is 37.4 Å². The van der Waals surface area contributed by atoms with Gasteiger partial charge in [0.05, 0.1) is 9.90 Å². The minimum atomic E-state index is 0.0827. The smallest absolute Gasteiger partial charge is 0.169 e. The number of likely N-dealkylation sites (N-methyl/N-ethyl adjacent to an activating group) is 1. The van der Waals surface area contributed by atoms with Crippen molar-refractivity contribution < 1.29 is 9.53 Å². The molecule has 0 unspecified atom stereocenters. The number of Topliss-reactive ketones (excluding diaryl/α,β-unsaturated/α-hetero) is 1. The maximum atomic E-state index is 11.3. The molecule has 1 heterocycles. The van der Waals surface area contributed by atoms with Crippen LogP contribution in [0.15, 0.2) is 30.3 Å². The summed E-state index contributed by atoms with van der Waals surface area (Å²) in [5.74, 6) is 0.758. The Kier molecular flexibility index (Phi) is 5.17. The van der Waals surface area contributed by atoms with E-state index in [-0.39, 0.29) is 5.78 Å². The zero-order valence-electron chi connectivity index (χ0n) is 11.4. The number of carbonyl (C=O) groups excluding carboxylic acids is 1. The molecular formula is C15H16ClNO2S. The molecule has 0 amide bonds. The van der Waals surface area contributed by atoms with E-state index in [0.29, 0.717) is 17.4 Å². The highest BCUT2D eigenvalue weighted by Crippen LogP contribution is 2.34. The molecule has 2 rings (SSSR count). The fourth-order valence-electron chi connectivity index (χ4n) is 1.72. The molecule has 0 fully saturated rings. The van der Waals surface area contributed by atoms with Crippen molar-refractivity contribution in [1.82, 2.24) is 5.32 Å². The lowest BCUT2D eigenvalue weighted by Crippen LogP contribution is -2.16. The lowest BCUT2D eigenvalue weighted by Gasteiger charge is -2.08. The Hall–Kier alpha value is -1.36. The van der Waals surface area contributed by atoms with Crippen LogP contribution in [-0.2, 0) is 0 Å². The van der Waals surface area contributed by atoms with Gasteiger partial charge in [0, 0.05) is 11.4 Å². The second kappa shape index (κ2) is 6.88. The first-order valence-corrected chi connectivity index (χ1v) is 7.49. The number of hydrogen-bond acceptors (Lipinski definition) is 4. The molecule has 5 heteroatoms. The van der Waals surface area contributed by atoms with Gasteiger partial charge in [-0.05, 0) is 49.9 Å². The number of halogens is 1. The Morgan fingerprint density at radius 2 is 2.15 bits per heavy atom. The number of carbonyl (C=O) groups is 1. The second-order valence-corrected chi connectivity index (χ2v) is 5.81. The first-order valence-electron chi connectivity index (χ1n) is 6.30. The highest BCUT2D eigenvalue weighted by atomic mass is 35.5. The van der Waals surface area contributed by atoms with Crippen molar-refractivity contribution in [2.45, 2.75) is 6.92 Å². The molecule has 0 atom stereocenters. The summed E-state index contributed by atoms with van der Waals surface area (Å²) in [7, 11) is 1.87. The SMILES string of the molecule is CNCCOc1ccc(-c2ccc(C(C)=O)s2)cc1Cl. The Balaban J connectivity index is 2.17. The van der Waals surface area contributed by atoms with Gasteiger partial charge in [-0.3, -0.25) is 4.79 Å². The van der Waals surface area contributed by atoms with E-state index < -0.39 is 0 Å². The molecule has 0 aliphatic rings. The van der Waals surface area contributed by atoms with Gasteiger partial charge in [-0.1, -0.05) is 11.6 Å². The number of ether oxygens (including phenoxy) is 1. The van der Waals surface area contributed by atoms with Crippen LogP contribution in [0.5, 0.6) is 5.75 Å². The summed E-state index contributed by atoms with van der Waals surface area (Å²) in [6, 6.07) is 9.46. The average Bonchev–Trinajstić information content (AvgIpc) is 2.90. The fourth-order valence-corrected chi connectivity index (χ4v) is 2.85. The van der Waals surface area contributed by atoms with Crippen LogP contribution in [0.3, 0.4) is 0 Å². The number of rotatable bonds is 6. The molecule has 0 spiro atoms. The number of thiophene rings is 1. The van der Waals surface area contributed by atoms with Gasteiger partial charge in [0.1, 0.15) is 12.4 Å². The molecule has 3 nitrogen and oxygen atoms in total. The van der Waals surface area contributed by atoms with Crippen LogP contribution >= 0.6 is 22.9 Å². The van der Waals surface area contributed by atoms with Gasteiger partial charge in [-0.2, -0.15) is 0 Å². The fraction of sp³-hybridized carbons (Fsp3) is 0.267. The number of benzene rings is 1. The van der Waals surface area contributed by atoms with Crippen molar-refractivity contribution in [1.29, 1.82) is 0 Å². The van der Waals surface area contributed by atoms with Crippen LogP contribution in [0, 0.1) is 0 Å². The maximum absolute atomic E-state index is 11.3. The van der Waals surface area contributed by atoms with E-state index >= 15 is 0 Å². The lowest BCUT2D eigenvalue weighted by atomic mass is 10.2. The van der Waals surface area contributed by atoms with Crippen molar-refractivity contribution in [3.8, 4) is 16.2 Å². The summed E-state index contributed by atoms with van der Waals surface area (Å²) < 4.78 is 5.57. The summed E-state index contributed by atoms with van der Waals surface area (Å²) >= 11 is 7.69. The van der Waals surface area contributed by atoms with Crippen LogP contribution in [-0.4, -0.2) is 26.0 Å². The zero-order valence-corrected chi connectivity index (χ0v) is 13.0. The van der Waals surface area contributed by atoms with E-state index in [9.17, 15) is 4.79 Å². The van der Waals surface area contributed by atoms with Crippen LogP contribution in [0.1, 0.15) is 16.6 Å². The van der Waals surface area contributed by atoms with E-state index in [1.165, 1.54) is 11.3 Å². The Morgan fingerprint density at radius 3 is 2.75 bits per heavy atom. The first kappa shape index (κ1) is 15.0. The molecule has 0 saturated carbocycles. The Morgan fingerprint density at radius 1 is 1.35 bits per heavy atom. The Bertz CT molecular complexity index is 610. The lowest BCUT2D eigenvalue weighted by molar-refractivity contribution is 0.102. The summed E-state index contributed by atoms with van der Waals surface area (Å²) in [6.07, 6.45) is 0. The predicted octanol–water partition coefficient (Wildman–Crippen LogP) is 3.87.